The molecule has 2 aromatic rings. The van der Waals surface area contributed by atoms with Gasteiger partial charge in [0.15, 0.2) is 0 Å². The normalized spacial score (nSPS) is 17.8. The first kappa shape index (κ1) is 19.4. The number of benzene rings is 1. The van der Waals surface area contributed by atoms with E-state index >= 15 is 0 Å². The Morgan fingerprint density at radius 3 is 2.48 bits per heavy atom. The van der Waals surface area contributed by atoms with Crippen LogP contribution in [0.25, 0.3) is 0 Å². The molecule has 1 aromatic heterocycles. The third-order valence-corrected chi connectivity index (χ3v) is 5.27. The SMILES string of the molecule is CC(=O)N1CCN(c2ccc(Nc3ncc(C(N)O)c(NC4CC4)n3)cc2)CC1. The summed E-state index contributed by atoms with van der Waals surface area (Å²) in [6.45, 7) is 4.77. The van der Waals surface area contributed by atoms with E-state index in [2.05, 4.69) is 25.5 Å². The second-order valence-electron chi connectivity index (χ2n) is 7.53. The molecular weight excluding hydrogens is 370 g/mol. The van der Waals surface area contributed by atoms with Crippen LogP contribution in [0.15, 0.2) is 30.5 Å². The minimum Gasteiger partial charge on any atom is -0.374 e. The predicted molar refractivity (Wildman–Crippen MR) is 112 cm³/mol. The molecule has 1 aliphatic carbocycles. The lowest BCUT2D eigenvalue weighted by Crippen LogP contribution is -2.48. The molecule has 1 saturated carbocycles. The van der Waals surface area contributed by atoms with Gasteiger partial charge in [-0.15, -0.1) is 0 Å². The van der Waals surface area contributed by atoms with Crippen LogP contribution in [0.5, 0.6) is 0 Å². The number of aliphatic hydroxyl groups excluding tert-OH is 1. The zero-order valence-corrected chi connectivity index (χ0v) is 16.5. The van der Waals surface area contributed by atoms with E-state index in [1.165, 1.54) is 0 Å². The fraction of sp³-hybridized carbons (Fsp3) is 0.450. The van der Waals surface area contributed by atoms with E-state index in [9.17, 15) is 9.90 Å². The smallest absolute Gasteiger partial charge is 0.229 e. The maximum Gasteiger partial charge on any atom is 0.229 e. The molecular formula is C20H27N7O2. The number of aromatic nitrogens is 2. The lowest BCUT2D eigenvalue weighted by molar-refractivity contribution is -0.129. The number of piperazine rings is 1. The summed E-state index contributed by atoms with van der Waals surface area (Å²) in [5, 5.41) is 16.2. The summed E-state index contributed by atoms with van der Waals surface area (Å²) in [5.41, 5.74) is 8.10. The van der Waals surface area contributed by atoms with Crippen molar-refractivity contribution in [3.63, 3.8) is 0 Å². The van der Waals surface area contributed by atoms with Crippen LogP contribution in [-0.2, 0) is 4.79 Å². The van der Waals surface area contributed by atoms with Gasteiger partial charge in [0.2, 0.25) is 11.9 Å². The van der Waals surface area contributed by atoms with Crippen LogP contribution in [0.1, 0.15) is 31.6 Å². The number of hydrogen-bond donors (Lipinski definition) is 4. The average molecular weight is 397 g/mol. The van der Waals surface area contributed by atoms with Crippen molar-refractivity contribution < 1.29 is 9.90 Å². The second kappa shape index (κ2) is 8.22. The van der Waals surface area contributed by atoms with E-state index in [1.54, 1.807) is 13.1 Å². The Labute approximate surface area is 169 Å². The van der Waals surface area contributed by atoms with Crippen molar-refractivity contribution in [1.82, 2.24) is 14.9 Å². The molecule has 9 nitrogen and oxygen atoms in total. The molecule has 1 amide bonds. The summed E-state index contributed by atoms with van der Waals surface area (Å²) >= 11 is 0. The van der Waals surface area contributed by atoms with E-state index in [0.717, 1.165) is 50.4 Å². The van der Waals surface area contributed by atoms with E-state index in [4.69, 9.17) is 5.73 Å². The second-order valence-corrected chi connectivity index (χ2v) is 7.53. The minimum atomic E-state index is -1.12. The standard InChI is InChI=1S/C20H27N7O2/c1-13(28)26-8-10-27(11-9-26)16-6-4-15(5-7-16)24-20-22-12-17(18(21)29)19(25-20)23-14-2-3-14/h4-7,12,14,18,29H,2-3,8-11,21H2,1H3,(H2,22,23,24,25). The van der Waals surface area contributed by atoms with E-state index < -0.39 is 6.23 Å². The van der Waals surface area contributed by atoms with Gasteiger partial charge in [-0.3, -0.25) is 4.79 Å². The Kier molecular flexibility index (Phi) is 5.50. The van der Waals surface area contributed by atoms with Crippen LogP contribution in [0.2, 0.25) is 0 Å². The number of carbonyl (C=O) groups is 1. The van der Waals surface area contributed by atoms with Crippen molar-refractivity contribution in [2.24, 2.45) is 5.73 Å². The maximum atomic E-state index is 11.5. The Morgan fingerprint density at radius 1 is 1.21 bits per heavy atom. The molecule has 2 heterocycles. The molecule has 5 N–H and O–H groups in total. The number of nitrogens with two attached hydrogens (primary N) is 1. The van der Waals surface area contributed by atoms with Crippen LogP contribution in [0, 0.1) is 0 Å². The van der Waals surface area contributed by atoms with Gasteiger partial charge in [0.05, 0.1) is 5.56 Å². The zero-order chi connectivity index (χ0) is 20.4. The summed E-state index contributed by atoms with van der Waals surface area (Å²) in [6, 6.07) is 8.45. The first-order valence-electron chi connectivity index (χ1n) is 9.94. The predicted octanol–water partition coefficient (Wildman–Crippen LogP) is 1.41. The van der Waals surface area contributed by atoms with Gasteiger partial charge in [-0.25, -0.2) is 4.98 Å². The summed E-state index contributed by atoms with van der Waals surface area (Å²) in [6.07, 6.45) is 2.62. The number of amides is 1. The molecule has 154 valence electrons. The zero-order valence-electron chi connectivity index (χ0n) is 16.5. The molecule has 29 heavy (non-hydrogen) atoms. The molecule has 1 saturated heterocycles. The minimum absolute atomic E-state index is 0.132. The number of aliphatic hydroxyl groups is 1. The quantitative estimate of drug-likeness (QED) is 0.540. The van der Waals surface area contributed by atoms with Crippen molar-refractivity contribution in [3.8, 4) is 0 Å². The molecule has 1 aromatic carbocycles. The van der Waals surface area contributed by atoms with Crippen molar-refractivity contribution in [1.29, 1.82) is 0 Å². The Balaban J connectivity index is 1.41. The van der Waals surface area contributed by atoms with Gasteiger partial charge >= 0.3 is 0 Å². The average Bonchev–Trinajstić information content (AvgIpc) is 3.53. The highest BCUT2D eigenvalue weighted by Crippen LogP contribution is 2.28. The largest absolute Gasteiger partial charge is 0.374 e. The molecule has 2 aliphatic rings. The molecule has 0 spiro atoms. The highest BCUT2D eigenvalue weighted by Gasteiger charge is 2.24. The number of nitrogens with zero attached hydrogens (tertiary/aromatic N) is 4. The molecule has 2 fully saturated rings. The molecule has 0 radical (unpaired) electrons. The lowest BCUT2D eigenvalue weighted by atomic mass is 10.2. The highest BCUT2D eigenvalue weighted by atomic mass is 16.3. The van der Waals surface area contributed by atoms with Crippen LogP contribution in [-0.4, -0.2) is 58.1 Å². The van der Waals surface area contributed by atoms with Gasteiger partial charge in [-0.2, -0.15) is 4.98 Å². The molecule has 1 unspecified atom stereocenters. The van der Waals surface area contributed by atoms with Gasteiger partial charge in [0, 0.05) is 56.7 Å². The van der Waals surface area contributed by atoms with Crippen molar-refractivity contribution >= 4 is 29.0 Å². The fourth-order valence-electron chi connectivity index (χ4n) is 3.37. The number of carbonyl (C=O) groups excluding carboxylic acids is 1. The highest BCUT2D eigenvalue weighted by molar-refractivity contribution is 5.73. The fourth-order valence-corrected chi connectivity index (χ4v) is 3.37. The van der Waals surface area contributed by atoms with Crippen LogP contribution in [0.4, 0.5) is 23.1 Å². The summed E-state index contributed by atoms with van der Waals surface area (Å²) in [7, 11) is 0. The van der Waals surface area contributed by atoms with Crippen molar-refractivity contribution in [2.75, 3.05) is 41.7 Å². The van der Waals surface area contributed by atoms with Gasteiger partial charge in [0.25, 0.3) is 0 Å². The molecule has 4 rings (SSSR count). The third-order valence-electron chi connectivity index (χ3n) is 5.27. The molecule has 1 atom stereocenters. The first-order valence-corrected chi connectivity index (χ1v) is 9.94. The van der Waals surface area contributed by atoms with Crippen molar-refractivity contribution in [2.45, 2.75) is 32.0 Å². The number of nitrogens with one attached hydrogen (secondary N) is 2. The van der Waals surface area contributed by atoms with Crippen LogP contribution in [0.3, 0.4) is 0 Å². The van der Waals surface area contributed by atoms with Crippen LogP contribution < -0.4 is 21.3 Å². The Morgan fingerprint density at radius 2 is 1.90 bits per heavy atom. The molecule has 0 bridgehead atoms. The number of rotatable bonds is 6. The lowest BCUT2D eigenvalue weighted by Gasteiger charge is -2.35. The van der Waals surface area contributed by atoms with Crippen molar-refractivity contribution in [3.05, 3.63) is 36.0 Å². The molecule has 9 heteroatoms. The molecule has 1 aliphatic heterocycles. The summed E-state index contributed by atoms with van der Waals surface area (Å²) in [4.78, 5) is 24.4. The monoisotopic (exact) mass is 397 g/mol. The topological polar surface area (TPSA) is 120 Å². The first-order chi connectivity index (χ1) is 14.0. The van der Waals surface area contributed by atoms with Gasteiger partial charge < -0.3 is 31.3 Å². The summed E-state index contributed by atoms with van der Waals surface area (Å²) in [5.74, 6) is 1.15. The van der Waals surface area contributed by atoms with Crippen LogP contribution >= 0.6 is 0 Å². The van der Waals surface area contributed by atoms with E-state index in [1.807, 2.05) is 29.2 Å². The maximum absolute atomic E-state index is 11.5. The Hall–Kier alpha value is -2.91. The third kappa shape index (κ3) is 4.75. The van der Waals surface area contributed by atoms with E-state index in [0.29, 0.717) is 23.4 Å². The Bertz CT molecular complexity index is 860. The van der Waals surface area contributed by atoms with Gasteiger partial charge in [0.1, 0.15) is 12.0 Å². The number of hydrogen-bond acceptors (Lipinski definition) is 8. The van der Waals surface area contributed by atoms with E-state index in [-0.39, 0.29) is 5.91 Å². The number of anilines is 4. The summed E-state index contributed by atoms with van der Waals surface area (Å²) < 4.78 is 0. The van der Waals surface area contributed by atoms with Gasteiger partial charge in [-0.1, -0.05) is 0 Å². The van der Waals surface area contributed by atoms with Gasteiger partial charge in [-0.05, 0) is 37.1 Å².